The zero-order chi connectivity index (χ0) is 20.5. The van der Waals surface area contributed by atoms with Gasteiger partial charge in [0.15, 0.2) is 11.5 Å². The van der Waals surface area contributed by atoms with Crippen LogP contribution in [0, 0.1) is 0 Å². The molecule has 4 aromatic rings. The lowest BCUT2D eigenvalue weighted by Crippen LogP contribution is -2.36. The molecule has 4 aromatic heterocycles. The van der Waals surface area contributed by atoms with Crippen LogP contribution in [0.2, 0.25) is 0 Å². The molecule has 5 heterocycles. The molecule has 0 radical (unpaired) electrons. The molecular weight excluding hydrogens is 406 g/mol. The minimum atomic E-state index is -0.958. The first kappa shape index (κ1) is 18.5. The summed E-state index contributed by atoms with van der Waals surface area (Å²) in [6.07, 6.45) is 4.84. The van der Waals surface area contributed by atoms with Crippen LogP contribution in [0.25, 0.3) is 16.9 Å². The summed E-state index contributed by atoms with van der Waals surface area (Å²) in [6.45, 7) is 3.08. The second-order valence-corrected chi connectivity index (χ2v) is 7.53. The molecule has 1 saturated heterocycles. The lowest BCUT2D eigenvalue weighted by Gasteiger charge is -2.27. The van der Waals surface area contributed by atoms with Gasteiger partial charge in [-0.3, -0.25) is 0 Å². The highest BCUT2D eigenvalue weighted by Gasteiger charge is 2.16. The Balaban J connectivity index is 1.41. The van der Waals surface area contributed by atoms with E-state index in [-0.39, 0.29) is 4.88 Å². The summed E-state index contributed by atoms with van der Waals surface area (Å²) >= 11 is 1.16. The van der Waals surface area contributed by atoms with E-state index in [0.717, 1.165) is 41.5 Å². The molecule has 0 atom stereocenters. The number of nitrogens with one attached hydrogen (secondary N) is 1. The predicted molar refractivity (Wildman–Crippen MR) is 112 cm³/mol. The number of nitrogens with zero attached hydrogens (tertiary/aromatic N) is 6. The van der Waals surface area contributed by atoms with Gasteiger partial charge in [0.05, 0.1) is 37.0 Å². The van der Waals surface area contributed by atoms with Crippen LogP contribution in [-0.4, -0.2) is 61.9 Å². The highest BCUT2D eigenvalue weighted by molar-refractivity contribution is 7.12. The minimum absolute atomic E-state index is 0.256. The van der Waals surface area contributed by atoms with Crippen molar-refractivity contribution in [3.8, 4) is 11.3 Å². The van der Waals surface area contributed by atoms with Gasteiger partial charge >= 0.3 is 5.97 Å². The summed E-state index contributed by atoms with van der Waals surface area (Å²) in [4.78, 5) is 26.9. The Kier molecular flexibility index (Phi) is 4.73. The fourth-order valence-electron chi connectivity index (χ4n) is 3.26. The molecule has 152 valence electrons. The van der Waals surface area contributed by atoms with Crippen LogP contribution in [0.4, 0.5) is 17.3 Å². The van der Waals surface area contributed by atoms with E-state index >= 15 is 0 Å². The zero-order valence-electron chi connectivity index (χ0n) is 15.7. The molecule has 0 amide bonds. The number of carboxylic acid groups (broad SMARTS) is 1. The van der Waals surface area contributed by atoms with E-state index in [4.69, 9.17) is 9.84 Å². The van der Waals surface area contributed by atoms with E-state index in [9.17, 15) is 4.79 Å². The third kappa shape index (κ3) is 3.44. The number of hydrogen-bond donors (Lipinski definition) is 2. The van der Waals surface area contributed by atoms with Crippen LogP contribution in [0.15, 0.2) is 42.3 Å². The molecule has 0 saturated carbocycles. The number of fused-ring (bicyclic) bond motifs is 1. The maximum atomic E-state index is 11.2. The number of pyridine rings is 1. The molecule has 0 bridgehead atoms. The van der Waals surface area contributed by atoms with Gasteiger partial charge in [-0.05, 0) is 18.2 Å². The zero-order valence-corrected chi connectivity index (χ0v) is 16.5. The van der Waals surface area contributed by atoms with Crippen molar-refractivity contribution in [2.24, 2.45) is 0 Å². The van der Waals surface area contributed by atoms with E-state index in [0.29, 0.717) is 30.4 Å². The van der Waals surface area contributed by atoms with Gasteiger partial charge in [0.2, 0.25) is 0 Å². The summed E-state index contributed by atoms with van der Waals surface area (Å²) in [5, 5.41) is 18.4. The molecule has 1 fully saturated rings. The van der Waals surface area contributed by atoms with Gasteiger partial charge in [-0.15, -0.1) is 11.3 Å². The van der Waals surface area contributed by atoms with E-state index in [1.807, 2.05) is 12.1 Å². The number of hydrogen-bond acceptors (Lipinski definition) is 9. The predicted octanol–water partition coefficient (Wildman–Crippen LogP) is 2.53. The number of rotatable bonds is 5. The Hall–Kier alpha value is -3.57. The van der Waals surface area contributed by atoms with Gasteiger partial charge in [0, 0.05) is 24.0 Å². The van der Waals surface area contributed by atoms with E-state index in [1.54, 1.807) is 28.4 Å². The molecule has 0 aromatic carbocycles. The number of aromatic carboxylic acids is 1. The summed E-state index contributed by atoms with van der Waals surface area (Å²) < 4.78 is 7.02. The second kappa shape index (κ2) is 7.69. The number of anilines is 3. The van der Waals surface area contributed by atoms with Gasteiger partial charge in [-0.1, -0.05) is 0 Å². The highest BCUT2D eigenvalue weighted by Crippen LogP contribution is 2.28. The van der Waals surface area contributed by atoms with Crippen LogP contribution < -0.4 is 10.2 Å². The number of morpholine rings is 1. The lowest BCUT2D eigenvalue weighted by atomic mass is 10.2. The Morgan fingerprint density at radius 1 is 1.17 bits per heavy atom. The summed E-state index contributed by atoms with van der Waals surface area (Å²) in [5.74, 6) is 0.484. The topological polar surface area (TPSA) is 118 Å². The third-order valence-electron chi connectivity index (χ3n) is 4.76. The van der Waals surface area contributed by atoms with Crippen molar-refractivity contribution < 1.29 is 14.6 Å². The number of thiophene rings is 1. The fourth-order valence-corrected chi connectivity index (χ4v) is 4.00. The maximum absolute atomic E-state index is 11.2. The molecular formula is C19H17N7O3S. The first-order valence-corrected chi connectivity index (χ1v) is 10.1. The van der Waals surface area contributed by atoms with Crippen molar-refractivity contribution in [2.75, 3.05) is 36.5 Å². The van der Waals surface area contributed by atoms with Crippen LogP contribution >= 0.6 is 11.3 Å². The molecule has 1 aliphatic heterocycles. The monoisotopic (exact) mass is 423 g/mol. The number of aromatic nitrogens is 5. The van der Waals surface area contributed by atoms with Gasteiger partial charge < -0.3 is 20.1 Å². The quantitative estimate of drug-likeness (QED) is 0.499. The molecule has 0 aliphatic carbocycles. The fraction of sp³-hybridized carbons (Fsp3) is 0.211. The first-order chi connectivity index (χ1) is 14.7. The maximum Gasteiger partial charge on any atom is 0.345 e. The van der Waals surface area contributed by atoms with Crippen LogP contribution in [-0.2, 0) is 4.74 Å². The summed E-state index contributed by atoms with van der Waals surface area (Å²) in [7, 11) is 0. The molecule has 2 N–H and O–H groups in total. The van der Waals surface area contributed by atoms with E-state index in [1.165, 1.54) is 6.33 Å². The van der Waals surface area contributed by atoms with Crippen LogP contribution in [0.3, 0.4) is 0 Å². The first-order valence-electron chi connectivity index (χ1n) is 9.26. The van der Waals surface area contributed by atoms with Gasteiger partial charge in [-0.2, -0.15) is 5.10 Å². The molecule has 5 rings (SSSR count). The average molecular weight is 423 g/mol. The smallest absolute Gasteiger partial charge is 0.345 e. The van der Waals surface area contributed by atoms with Gasteiger partial charge in [0.1, 0.15) is 17.0 Å². The van der Waals surface area contributed by atoms with E-state index in [2.05, 4.69) is 30.3 Å². The van der Waals surface area contributed by atoms with Crippen molar-refractivity contribution in [2.45, 2.75) is 0 Å². The van der Waals surface area contributed by atoms with Crippen LogP contribution in [0.1, 0.15) is 9.67 Å². The normalized spacial score (nSPS) is 14.2. The summed E-state index contributed by atoms with van der Waals surface area (Å²) in [5.41, 5.74) is 2.70. The Morgan fingerprint density at radius 3 is 2.77 bits per heavy atom. The van der Waals surface area contributed by atoms with Crippen molar-refractivity contribution in [1.29, 1.82) is 0 Å². The van der Waals surface area contributed by atoms with Crippen molar-refractivity contribution >= 4 is 40.3 Å². The molecule has 30 heavy (non-hydrogen) atoms. The molecule has 11 heteroatoms. The molecule has 0 unspecified atom stereocenters. The van der Waals surface area contributed by atoms with Crippen molar-refractivity contribution in [3.63, 3.8) is 0 Å². The molecule has 10 nitrogen and oxygen atoms in total. The lowest BCUT2D eigenvalue weighted by molar-refractivity contribution is 0.0702. The average Bonchev–Trinajstić information content (AvgIpc) is 3.46. The number of carboxylic acids is 1. The van der Waals surface area contributed by atoms with Crippen molar-refractivity contribution in [1.82, 2.24) is 24.6 Å². The Bertz CT molecular complexity index is 1200. The third-order valence-corrected chi connectivity index (χ3v) is 5.67. The highest BCUT2D eigenvalue weighted by atomic mass is 32.1. The van der Waals surface area contributed by atoms with E-state index < -0.39 is 5.97 Å². The largest absolute Gasteiger partial charge is 0.477 e. The van der Waals surface area contributed by atoms with Gasteiger partial charge in [-0.25, -0.2) is 24.3 Å². The van der Waals surface area contributed by atoms with Crippen LogP contribution in [0.5, 0.6) is 0 Å². The Morgan fingerprint density at radius 2 is 2.03 bits per heavy atom. The van der Waals surface area contributed by atoms with Crippen molar-refractivity contribution in [3.05, 3.63) is 47.2 Å². The SMILES string of the molecule is O=C(O)c1cc(-c2cnc(Nc3ccc(N4CCOCC4)nc3)c3ncnn23)cs1. The Labute approximate surface area is 174 Å². The minimum Gasteiger partial charge on any atom is -0.477 e. The number of ether oxygens (including phenoxy) is 1. The standard InChI is InChI=1S/C19H17N7O3S/c27-19(28)15-7-12(10-30-15)14-9-21-17(18-22-11-23-26(14)18)24-13-1-2-16(20-8-13)25-3-5-29-6-4-25/h1-2,7-11H,3-6H2,(H,21,24)(H,27,28). The van der Waals surface area contributed by atoms with Gasteiger partial charge in [0.25, 0.3) is 0 Å². The molecule has 0 spiro atoms. The summed E-state index contributed by atoms with van der Waals surface area (Å²) in [6, 6.07) is 5.51. The number of carbonyl (C=O) groups is 1. The second-order valence-electron chi connectivity index (χ2n) is 6.62. The molecule has 1 aliphatic rings.